The molecule has 6 nitrogen and oxygen atoms in total. The predicted molar refractivity (Wildman–Crippen MR) is 105 cm³/mol. The fourth-order valence-corrected chi connectivity index (χ4v) is 3.47. The Morgan fingerprint density at radius 2 is 1.65 bits per heavy atom. The summed E-state index contributed by atoms with van der Waals surface area (Å²) in [5.74, 6) is 1.85. The number of hydrogen-bond donors (Lipinski definition) is 0. The van der Waals surface area contributed by atoms with E-state index in [-0.39, 0.29) is 5.41 Å². The van der Waals surface area contributed by atoms with E-state index in [4.69, 9.17) is 16.7 Å². The van der Waals surface area contributed by atoms with E-state index >= 15 is 0 Å². The van der Waals surface area contributed by atoms with Crippen LogP contribution in [0.1, 0.15) is 26.6 Å². The third-order valence-corrected chi connectivity index (χ3v) is 4.93. The van der Waals surface area contributed by atoms with Gasteiger partial charge in [0.25, 0.3) is 0 Å². The third kappa shape index (κ3) is 3.21. The van der Waals surface area contributed by atoms with Gasteiger partial charge in [-0.15, -0.1) is 15.3 Å². The molecule has 0 atom stereocenters. The van der Waals surface area contributed by atoms with Crippen LogP contribution >= 0.6 is 11.6 Å². The second-order valence-corrected chi connectivity index (χ2v) is 8.13. The van der Waals surface area contributed by atoms with Crippen LogP contribution in [0, 0.1) is 0 Å². The zero-order chi connectivity index (χ0) is 18.3. The molecule has 0 unspecified atom stereocenters. The largest absolute Gasteiger partial charge is 0.368 e. The molecule has 0 saturated carbocycles. The van der Waals surface area contributed by atoms with Gasteiger partial charge in [0.05, 0.1) is 0 Å². The topological polar surface area (TPSA) is 49.6 Å². The minimum Gasteiger partial charge on any atom is -0.368 e. The van der Waals surface area contributed by atoms with Gasteiger partial charge < -0.3 is 9.80 Å². The summed E-state index contributed by atoms with van der Waals surface area (Å²) >= 11 is 6.12. The van der Waals surface area contributed by atoms with E-state index in [1.54, 1.807) is 0 Å². The molecule has 7 heteroatoms. The monoisotopic (exact) mass is 370 g/mol. The molecule has 0 bridgehead atoms. The molecule has 1 aliphatic rings. The lowest BCUT2D eigenvalue weighted by molar-refractivity contribution is 0.525. The highest BCUT2D eigenvalue weighted by molar-refractivity contribution is 6.30. The van der Waals surface area contributed by atoms with E-state index in [9.17, 15) is 0 Å². The van der Waals surface area contributed by atoms with Crippen LogP contribution in [-0.4, -0.2) is 46.0 Å². The average Bonchev–Trinajstić information content (AvgIpc) is 3.05. The number of halogens is 1. The lowest BCUT2D eigenvalue weighted by Gasteiger charge is -2.36. The van der Waals surface area contributed by atoms with Crippen LogP contribution in [0.5, 0.6) is 0 Å². The van der Waals surface area contributed by atoms with E-state index < -0.39 is 0 Å². The van der Waals surface area contributed by atoms with Crippen LogP contribution in [0.2, 0.25) is 5.02 Å². The SMILES string of the molecule is CC(C)(C)c1nnc2ccc(N3CCN(c4cccc(Cl)c4)CC3)nn12. The molecular formula is C19H23ClN6. The van der Waals surface area contributed by atoms with Gasteiger partial charge in [0.2, 0.25) is 0 Å². The van der Waals surface area contributed by atoms with Crippen molar-refractivity contribution in [2.24, 2.45) is 0 Å². The Bertz CT molecular complexity index is 921. The second-order valence-electron chi connectivity index (χ2n) is 7.69. The number of benzene rings is 1. The molecule has 1 aromatic carbocycles. The summed E-state index contributed by atoms with van der Waals surface area (Å²) < 4.78 is 1.87. The Balaban J connectivity index is 1.54. The molecule has 1 fully saturated rings. The summed E-state index contributed by atoms with van der Waals surface area (Å²) in [6, 6.07) is 12.1. The number of aromatic nitrogens is 4. The minimum absolute atomic E-state index is 0.101. The number of fused-ring (bicyclic) bond motifs is 1. The number of hydrogen-bond acceptors (Lipinski definition) is 5. The molecule has 0 N–H and O–H groups in total. The highest BCUT2D eigenvalue weighted by Crippen LogP contribution is 2.24. The van der Waals surface area contributed by atoms with Crippen LogP contribution < -0.4 is 9.80 Å². The summed E-state index contributed by atoms with van der Waals surface area (Å²) in [5.41, 5.74) is 1.86. The molecule has 0 radical (unpaired) electrons. The zero-order valence-corrected chi connectivity index (χ0v) is 16.1. The Labute approximate surface area is 158 Å². The molecule has 0 aliphatic carbocycles. The first-order valence-corrected chi connectivity index (χ1v) is 9.28. The van der Waals surface area contributed by atoms with E-state index in [0.717, 1.165) is 48.5 Å². The second kappa shape index (κ2) is 6.43. The van der Waals surface area contributed by atoms with Gasteiger partial charge in [0.15, 0.2) is 11.5 Å². The molecule has 3 heterocycles. The van der Waals surface area contributed by atoms with Crippen molar-refractivity contribution in [3.8, 4) is 0 Å². The number of anilines is 2. The molecule has 0 spiro atoms. The maximum Gasteiger partial charge on any atom is 0.178 e. The third-order valence-electron chi connectivity index (χ3n) is 4.70. The molecule has 4 rings (SSSR count). The standard InChI is InChI=1S/C19H23ClN6/c1-19(2,3)18-22-21-16-7-8-17(23-26(16)18)25-11-9-24(10-12-25)15-6-4-5-14(20)13-15/h4-8,13H,9-12H2,1-3H3. The fourth-order valence-electron chi connectivity index (χ4n) is 3.28. The molecule has 1 aliphatic heterocycles. The average molecular weight is 371 g/mol. The molecule has 26 heavy (non-hydrogen) atoms. The number of nitrogens with zero attached hydrogens (tertiary/aromatic N) is 6. The van der Waals surface area contributed by atoms with Gasteiger partial charge in [-0.3, -0.25) is 0 Å². The van der Waals surface area contributed by atoms with Gasteiger partial charge in [0.1, 0.15) is 5.82 Å². The van der Waals surface area contributed by atoms with Crippen molar-refractivity contribution in [3.63, 3.8) is 0 Å². The van der Waals surface area contributed by atoms with E-state index in [1.165, 1.54) is 5.69 Å². The summed E-state index contributed by atoms with van der Waals surface area (Å²) in [4.78, 5) is 4.67. The maximum atomic E-state index is 6.12. The lowest BCUT2D eigenvalue weighted by atomic mass is 9.96. The Hall–Kier alpha value is -2.34. The van der Waals surface area contributed by atoms with Crippen LogP contribution in [0.25, 0.3) is 5.65 Å². The van der Waals surface area contributed by atoms with Gasteiger partial charge >= 0.3 is 0 Å². The molecule has 1 saturated heterocycles. The first-order chi connectivity index (χ1) is 12.4. The Kier molecular flexibility index (Phi) is 4.23. The number of piperazine rings is 1. The smallest absolute Gasteiger partial charge is 0.178 e. The van der Waals surface area contributed by atoms with Crippen molar-refractivity contribution in [2.45, 2.75) is 26.2 Å². The summed E-state index contributed by atoms with van der Waals surface area (Å²) in [6.07, 6.45) is 0. The quantitative estimate of drug-likeness (QED) is 0.692. The van der Waals surface area contributed by atoms with Crippen LogP contribution in [0.4, 0.5) is 11.5 Å². The molecule has 2 aromatic heterocycles. The van der Waals surface area contributed by atoms with Gasteiger partial charge in [-0.2, -0.15) is 4.52 Å². The van der Waals surface area contributed by atoms with Crippen molar-refractivity contribution in [1.29, 1.82) is 0 Å². The van der Waals surface area contributed by atoms with Crippen molar-refractivity contribution in [1.82, 2.24) is 19.8 Å². The molecule has 3 aromatic rings. The van der Waals surface area contributed by atoms with Crippen LogP contribution in [0.15, 0.2) is 36.4 Å². The minimum atomic E-state index is -0.101. The van der Waals surface area contributed by atoms with Gasteiger partial charge in [-0.05, 0) is 30.3 Å². The molecular weight excluding hydrogens is 348 g/mol. The van der Waals surface area contributed by atoms with Crippen LogP contribution in [-0.2, 0) is 5.41 Å². The maximum absolute atomic E-state index is 6.12. The van der Waals surface area contributed by atoms with Crippen molar-refractivity contribution in [2.75, 3.05) is 36.0 Å². The first-order valence-electron chi connectivity index (χ1n) is 8.90. The van der Waals surface area contributed by atoms with Crippen molar-refractivity contribution >= 4 is 28.8 Å². The summed E-state index contributed by atoms with van der Waals surface area (Å²) in [5, 5.41) is 14.2. The Morgan fingerprint density at radius 1 is 0.923 bits per heavy atom. The lowest BCUT2D eigenvalue weighted by Crippen LogP contribution is -2.47. The zero-order valence-electron chi connectivity index (χ0n) is 15.4. The summed E-state index contributed by atoms with van der Waals surface area (Å²) in [7, 11) is 0. The van der Waals surface area contributed by atoms with Gasteiger partial charge in [0, 0.05) is 42.3 Å². The van der Waals surface area contributed by atoms with Gasteiger partial charge in [-0.25, -0.2) is 0 Å². The molecule has 0 amide bonds. The van der Waals surface area contributed by atoms with E-state index in [1.807, 2.05) is 34.8 Å². The molecule has 136 valence electrons. The highest BCUT2D eigenvalue weighted by atomic mass is 35.5. The fraction of sp³-hybridized carbons (Fsp3) is 0.421. The van der Waals surface area contributed by atoms with E-state index in [0.29, 0.717) is 0 Å². The Morgan fingerprint density at radius 3 is 2.35 bits per heavy atom. The van der Waals surface area contributed by atoms with Crippen molar-refractivity contribution in [3.05, 3.63) is 47.2 Å². The predicted octanol–water partition coefficient (Wildman–Crippen LogP) is 3.40. The number of rotatable bonds is 2. The van der Waals surface area contributed by atoms with Crippen molar-refractivity contribution < 1.29 is 0 Å². The first kappa shape index (κ1) is 17.1. The highest BCUT2D eigenvalue weighted by Gasteiger charge is 2.23. The van der Waals surface area contributed by atoms with Gasteiger partial charge in [-0.1, -0.05) is 38.4 Å². The summed E-state index contributed by atoms with van der Waals surface area (Å²) in [6.45, 7) is 10.1. The van der Waals surface area contributed by atoms with E-state index in [2.05, 4.69) is 46.8 Å². The normalized spacial score (nSPS) is 15.7. The van der Waals surface area contributed by atoms with Crippen LogP contribution in [0.3, 0.4) is 0 Å².